The van der Waals surface area contributed by atoms with Gasteiger partial charge in [0.1, 0.15) is 18.5 Å². The van der Waals surface area contributed by atoms with Crippen molar-refractivity contribution in [1.29, 1.82) is 0 Å². The number of carbonyl (C=O) groups excluding carboxylic acids is 5. The van der Waals surface area contributed by atoms with E-state index in [1.165, 1.54) is 56.1 Å². The molecule has 3 aliphatic rings. The molecule has 6 atom stereocenters. The van der Waals surface area contributed by atoms with Crippen LogP contribution in [0.25, 0.3) is 0 Å². The van der Waals surface area contributed by atoms with E-state index in [-0.39, 0.29) is 0 Å². The van der Waals surface area contributed by atoms with Gasteiger partial charge in [0.2, 0.25) is 0 Å². The topological polar surface area (TPSA) is 176 Å². The Labute approximate surface area is 312 Å². The van der Waals surface area contributed by atoms with Crippen LogP contribution in [-0.4, -0.2) is 122 Å². The average Bonchev–Trinajstić information content (AvgIpc) is 3.43. The summed E-state index contributed by atoms with van der Waals surface area (Å²) in [6, 6.07) is -1.90. The van der Waals surface area contributed by atoms with Gasteiger partial charge in [-0.25, -0.2) is 28.9 Å². The lowest BCUT2D eigenvalue weighted by molar-refractivity contribution is 0.123. The molecular weight excluding hydrogens is 753 g/mol. The summed E-state index contributed by atoms with van der Waals surface area (Å²) in [5.74, 6) is 6.05. The highest BCUT2D eigenvalue weighted by molar-refractivity contribution is 8.05. The Balaban J connectivity index is 1.60. The maximum Gasteiger partial charge on any atom is 0.409 e. The van der Waals surface area contributed by atoms with E-state index < -0.39 is 65.1 Å². The molecule has 0 saturated carbocycles. The summed E-state index contributed by atoms with van der Waals surface area (Å²) in [5.41, 5.74) is 1.89. The number of hydrogen-bond donors (Lipinski definition) is 5. The number of rotatable bonds is 9. The van der Waals surface area contributed by atoms with Crippen molar-refractivity contribution in [3.8, 4) is 0 Å². The Hall–Kier alpha value is -2.13. The number of thioether (sulfide) groups is 6. The van der Waals surface area contributed by atoms with E-state index in [1.54, 1.807) is 35.3 Å². The molecule has 7 amide bonds. The van der Waals surface area contributed by atoms with Crippen LogP contribution < -0.4 is 26.6 Å². The van der Waals surface area contributed by atoms with Gasteiger partial charge in [0.25, 0.3) is 0 Å². The van der Waals surface area contributed by atoms with Crippen LogP contribution in [0.4, 0.5) is 24.0 Å². The number of carbonyl (C=O) groups is 5. The smallest absolute Gasteiger partial charge is 0.409 e. The van der Waals surface area contributed by atoms with E-state index in [2.05, 4.69) is 46.3 Å². The van der Waals surface area contributed by atoms with E-state index in [1.807, 2.05) is 0 Å². The molecule has 0 radical (unpaired) electrons. The summed E-state index contributed by atoms with van der Waals surface area (Å²) >= 11 is 9.16. The third-order valence-corrected chi connectivity index (χ3v) is 14.0. The molecule has 0 aromatic rings. The van der Waals surface area contributed by atoms with Gasteiger partial charge in [0, 0.05) is 51.8 Å². The normalized spacial score (nSPS) is 23.5. The lowest BCUT2D eigenvalue weighted by Crippen LogP contribution is -2.62. The molecule has 3 aliphatic heterocycles. The lowest BCUT2D eigenvalue weighted by Gasteiger charge is -2.31. The van der Waals surface area contributed by atoms with Crippen LogP contribution in [0.1, 0.15) is 20.8 Å². The van der Waals surface area contributed by atoms with Gasteiger partial charge >= 0.3 is 30.3 Å². The summed E-state index contributed by atoms with van der Waals surface area (Å²) in [6.07, 6.45) is -5.51. The lowest BCUT2D eigenvalue weighted by atomic mass is 10.4. The number of hydrogen-bond acceptors (Lipinski definition) is 14. The second-order valence-electron chi connectivity index (χ2n) is 11.1. The highest BCUT2D eigenvalue weighted by atomic mass is 32.2. The molecule has 0 aliphatic carbocycles. The van der Waals surface area contributed by atoms with Crippen molar-refractivity contribution >= 4 is 101 Å². The zero-order chi connectivity index (χ0) is 35.9. The third-order valence-electron chi connectivity index (χ3n) is 6.32. The molecule has 274 valence electrons. The minimum absolute atomic E-state index is 0.396. The summed E-state index contributed by atoms with van der Waals surface area (Å²) < 4.78 is 16.5. The predicted molar refractivity (Wildman–Crippen MR) is 204 cm³/mol. The molecule has 0 spiro atoms. The van der Waals surface area contributed by atoms with Crippen LogP contribution in [0.15, 0.2) is 36.5 Å². The number of urea groups is 2. The first-order valence-corrected chi connectivity index (χ1v) is 21.8. The third kappa shape index (κ3) is 15.7. The Bertz CT molecular complexity index is 1180. The average molecular weight is 797 g/mol. The first kappa shape index (κ1) is 41.3. The first-order chi connectivity index (χ1) is 23.3. The Morgan fingerprint density at radius 2 is 0.898 bits per heavy atom. The zero-order valence-corrected chi connectivity index (χ0v) is 32.5. The SMILES string of the molecule is C=C1CSCC(OC(=O)NC(C)NC(=O)N(C(=O)NC(C)NC(=O)OC2CSCC(=C)CS2)C(C)NC(=O)OC2CSCC(=C)CS2)SC1. The standard InChI is InChI=1S/C29H44N6O8S6/c1-16-7-44-13-22(47-10-16)41-27(38)32-19(4)30-25(36)35(21(6)34-29(40)43-24-15-46-9-18(3)12-49-24)26(37)31-20(5)33-28(39)42-23-14-45-8-17(2)11-48-23/h19-24H,1-3,7-15H2,4-6H3,(H,30,36)(H,31,37)(H,32,38)(H,33,39)(H,34,40). The fourth-order valence-corrected chi connectivity index (χ4v) is 10.8. The van der Waals surface area contributed by atoms with E-state index in [0.29, 0.717) is 39.4 Å². The Morgan fingerprint density at radius 1 is 0.571 bits per heavy atom. The zero-order valence-electron chi connectivity index (χ0n) is 27.6. The maximum absolute atomic E-state index is 13.5. The molecule has 3 rings (SSSR count). The first-order valence-electron chi connectivity index (χ1n) is 15.2. The number of alkyl carbamates (subject to hydrolysis) is 3. The molecule has 0 aromatic carbocycles. The minimum atomic E-state index is -1.22. The largest absolute Gasteiger partial charge is 0.434 e. The summed E-state index contributed by atoms with van der Waals surface area (Å²) in [7, 11) is 0. The molecule has 14 nitrogen and oxygen atoms in total. The van der Waals surface area contributed by atoms with Crippen molar-refractivity contribution in [2.75, 3.05) is 51.8 Å². The fraction of sp³-hybridized carbons (Fsp3) is 0.621. The van der Waals surface area contributed by atoms with Crippen LogP contribution in [0.3, 0.4) is 0 Å². The van der Waals surface area contributed by atoms with Crippen LogP contribution in [-0.2, 0) is 14.2 Å². The molecular formula is C29H44N6O8S6. The monoisotopic (exact) mass is 796 g/mol. The van der Waals surface area contributed by atoms with Crippen molar-refractivity contribution in [3.63, 3.8) is 0 Å². The summed E-state index contributed by atoms with van der Waals surface area (Å²) in [6.45, 7) is 16.3. The number of ether oxygens (including phenoxy) is 3. The molecule has 3 heterocycles. The van der Waals surface area contributed by atoms with Crippen molar-refractivity contribution in [2.24, 2.45) is 0 Å². The van der Waals surface area contributed by atoms with Gasteiger partial charge in [-0.05, 0) is 20.8 Å². The molecule has 20 heteroatoms. The maximum atomic E-state index is 13.5. The second kappa shape index (κ2) is 21.3. The molecule has 5 N–H and O–H groups in total. The van der Waals surface area contributed by atoms with Gasteiger partial charge in [0.15, 0.2) is 16.3 Å². The minimum Gasteiger partial charge on any atom is -0.434 e. The molecule has 3 saturated heterocycles. The van der Waals surface area contributed by atoms with Crippen LogP contribution in [0.2, 0.25) is 0 Å². The van der Waals surface area contributed by atoms with Gasteiger partial charge in [0.05, 0.1) is 0 Å². The second-order valence-corrected chi connectivity index (χ2v) is 17.6. The van der Waals surface area contributed by atoms with Gasteiger partial charge < -0.3 is 40.8 Å². The van der Waals surface area contributed by atoms with E-state index in [4.69, 9.17) is 14.2 Å². The van der Waals surface area contributed by atoms with Crippen molar-refractivity contribution in [3.05, 3.63) is 36.5 Å². The van der Waals surface area contributed by atoms with Gasteiger partial charge in [-0.3, -0.25) is 0 Å². The van der Waals surface area contributed by atoms with Crippen LogP contribution in [0.5, 0.6) is 0 Å². The van der Waals surface area contributed by atoms with Crippen LogP contribution in [0, 0.1) is 0 Å². The highest BCUT2D eigenvalue weighted by Crippen LogP contribution is 2.28. The molecule has 3 fully saturated rings. The van der Waals surface area contributed by atoms with Crippen molar-refractivity contribution in [2.45, 2.75) is 55.6 Å². The van der Waals surface area contributed by atoms with Crippen molar-refractivity contribution in [1.82, 2.24) is 31.5 Å². The summed E-state index contributed by atoms with van der Waals surface area (Å²) in [5, 5.41) is 12.7. The quantitative estimate of drug-likeness (QED) is 0.120. The number of nitrogens with zero attached hydrogens (tertiary/aromatic N) is 1. The molecule has 6 unspecified atom stereocenters. The molecule has 0 bridgehead atoms. The molecule has 0 aromatic heterocycles. The van der Waals surface area contributed by atoms with Gasteiger partial charge in [-0.1, -0.05) is 36.5 Å². The van der Waals surface area contributed by atoms with Crippen LogP contribution >= 0.6 is 70.6 Å². The number of nitrogens with one attached hydrogen (secondary N) is 5. The Kier molecular flexibility index (Phi) is 17.9. The number of amides is 7. The van der Waals surface area contributed by atoms with Gasteiger partial charge in [-0.2, -0.15) is 35.3 Å². The molecule has 49 heavy (non-hydrogen) atoms. The van der Waals surface area contributed by atoms with Gasteiger partial charge in [-0.15, -0.1) is 35.3 Å². The highest BCUT2D eigenvalue weighted by Gasteiger charge is 2.32. The van der Waals surface area contributed by atoms with E-state index in [0.717, 1.165) is 34.0 Å². The predicted octanol–water partition coefficient (Wildman–Crippen LogP) is 5.01. The van der Waals surface area contributed by atoms with Crippen molar-refractivity contribution < 1.29 is 38.2 Å². The van der Waals surface area contributed by atoms with E-state index in [9.17, 15) is 24.0 Å². The number of imide groups is 1. The van der Waals surface area contributed by atoms with E-state index >= 15 is 0 Å². The fourth-order valence-electron chi connectivity index (χ4n) is 4.08. The Morgan fingerprint density at radius 3 is 1.24 bits per heavy atom. The summed E-state index contributed by atoms with van der Waals surface area (Å²) in [4.78, 5) is 65.7.